The Labute approximate surface area is 118 Å². The first-order valence-corrected chi connectivity index (χ1v) is 6.65. The van der Waals surface area contributed by atoms with Crippen LogP contribution in [0.25, 0.3) is 5.69 Å². The number of amides is 1. The summed E-state index contributed by atoms with van der Waals surface area (Å²) in [6.45, 7) is 6.48. The summed E-state index contributed by atoms with van der Waals surface area (Å²) in [5.41, 5.74) is 3.69. The molecule has 19 heavy (non-hydrogen) atoms. The van der Waals surface area contributed by atoms with Crippen molar-refractivity contribution in [2.24, 2.45) is 0 Å². The zero-order valence-corrected chi connectivity index (χ0v) is 12.1. The third-order valence-electron chi connectivity index (χ3n) is 3.10. The largest absolute Gasteiger partial charge is 0.352 e. The van der Waals surface area contributed by atoms with Gasteiger partial charge in [0.05, 0.1) is 5.56 Å². The zero-order chi connectivity index (χ0) is 14.0. The third kappa shape index (κ3) is 2.66. The Morgan fingerprint density at radius 3 is 2.47 bits per heavy atom. The van der Waals surface area contributed by atoms with Crippen molar-refractivity contribution >= 4 is 17.5 Å². The Morgan fingerprint density at radius 1 is 1.26 bits per heavy atom. The van der Waals surface area contributed by atoms with Crippen molar-refractivity contribution in [3.63, 3.8) is 0 Å². The summed E-state index contributed by atoms with van der Waals surface area (Å²) in [7, 11) is 0. The van der Waals surface area contributed by atoms with Gasteiger partial charge >= 0.3 is 0 Å². The minimum atomic E-state index is -0.0317. The minimum absolute atomic E-state index is 0.0317. The second-order valence-electron chi connectivity index (χ2n) is 4.46. The van der Waals surface area contributed by atoms with E-state index in [1.165, 1.54) is 0 Å². The smallest absolute Gasteiger partial charge is 0.253 e. The van der Waals surface area contributed by atoms with E-state index in [1.807, 2.05) is 51.1 Å². The molecule has 0 bridgehead atoms. The number of benzene rings is 1. The lowest BCUT2D eigenvalue weighted by Gasteiger charge is -2.10. The van der Waals surface area contributed by atoms with Crippen LogP contribution in [-0.4, -0.2) is 17.0 Å². The van der Waals surface area contributed by atoms with Crippen LogP contribution in [-0.2, 0) is 0 Å². The molecule has 1 heterocycles. The first kappa shape index (κ1) is 13.7. The fourth-order valence-corrected chi connectivity index (χ4v) is 2.36. The van der Waals surface area contributed by atoms with Crippen molar-refractivity contribution in [1.82, 2.24) is 9.88 Å². The van der Waals surface area contributed by atoms with E-state index in [-0.39, 0.29) is 5.91 Å². The zero-order valence-electron chi connectivity index (χ0n) is 11.3. The van der Waals surface area contributed by atoms with Gasteiger partial charge in [0.1, 0.15) is 0 Å². The molecule has 0 saturated carbocycles. The molecule has 100 valence electrons. The number of aryl methyl sites for hydroxylation is 1. The predicted octanol–water partition coefficient (Wildman–Crippen LogP) is 3.50. The molecule has 0 aliphatic heterocycles. The normalized spacial score (nSPS) is 10.5. The van der Waals surface area contributed by atoms with E-state index >= 15 is 0 Å². The monoisotopic (exact) mass is 276 g/mol. The van der Waals surface area contributed by atoms with E-state index in [0.29, 0.717) is 17.1 Å². The molecule has 1 N–H and O–H groups in total. The summed E-state index contributed by atoms with van der Waals surface area (Å²) in [4.78, 5) is 12.0. The Morgan fingerprint density at radius 2 is 1.89 bits per heavy atom. The first-order chi connectivity index (χ1) is 9.04. The molecule has 4 heteroatoms. The number of nitrogens with one attached hydrogen (secondary N) is 1. The number of aromatic nitrogens is 1. The van der Waals surface area contributed by atoms with Crippen molar-refractivity contribution in [2.75, 3.05) is 6.54 Å². The van der Waals surface area contributed by atoms with E-state index in [0.717, 1.165) is 17.1 Å². The van der Waals surface area contributed by atoms with Gasteiger partial charge in [-0.15, -0.1) is 0 Å². The van der Waals surface area contributed by atoms with Crippen molar-refractivity contribution in [1.29, 1.82) is 0 Å². The maximum atomic E-state index is 12.0. The lowest BCUT2D eigenvalue weighted by molar-refractivity contribution is 0.0955. The fourth-order valence-electron chi connectivity index (χ4n) is 2.24. The quantitative estimate of drug-likeness (QED) is 0.915. The molecule has 2 aromatic rings. The summed E-state index contributed by atoms with van der Waals surface area (Å²) >= 11 is 5.90. The Kier molecular flexibility index (Phi) is 3.96. The molecule has 0 radical (unpaired) electrons. The van der Waals surface area contributed by atoms with Crippen molar-refractivity contribution in [3.05, 3.63) is 52.3 Å². The maximum Gasteiger partial charge on any atom is 0.253 e. The summed E-state index contributed by atoms with van der Waals surface area (Å²) in [6.07, 6.45) is 0. The molecule has 0 saturated heterocycles. The van der Waals surface area contributed by atoms with Crippen LogP contribution in [0.3, 0.4) is 0 Å². The van der Waals surface area contributed by atoms with Crippen molar-refractivity contribution in [2.45, 2.75) is 20.8 Å². The van der Waals surface area contributed by atoms with E-state index in [2.05, 4.69) is 9.88 Å². The van der Waals surface area contributed by atoms with Crippen LogP contribution < -0.4 is 5.32 Å². The Bertz CT molecular complexity index is 599. The topological polar surface area (TPSA) is 34.0 Å². The molecular formula is C15H17ClN2O. The number of nitrogens with zero attached hydrogens (tertiary/aromatic N) is 1. The van der Waals surface area contributed by atoms with Crippen LogP contribution >= 0.6 is 11.6 Å². The average Bonchev–Trinajstić information content (AvgIpc) is 2.67. The lowest BCUT2D eigenvalue weighted by Crippen LogP contribution is -2.23. The highest BCUT2D eigenvalue weighted by molar-refractivity contribution is 6.30. The molecule has 0 aliphatic carbocycles. The van der Waals surface area contributed by atoms with Gasteiger partial charge in [-0.1, -0.05) is 11.6 Å². The van der Waals surface area contributed by atoms with E-state index in [9.17, 15) is 4.79 Å². The third-order valence-corrected chi connectivity index (χ3v) is 3.35. The van der Waals surface area contributed by atoms with Crippen LogP contribution in [0.1, 0.15) is 28.7 Å². The highest BCUT2D eigenvalue weighted by atomic mass is 35.5. The van der Waals surface area contributed by atoms with Gasteiger partial charge in [-0.05, 0) is 51.1 Å². The summed E-state index contributed by atoms with van der Waals surface area (Å²) in [5, 5.41) is 3.53. The van der Waals surface area contributed by atoms with E-state index in [1.54, 1.807) is 0 Å². The summed E-state index contributed by atoms with van der Waals surface area (Å²) < 4.78 is 2.06. The van der Waals surface area contributed by atoms with Gasteiger partial charge in [0.25, 0.3) is 5.91 Å². The molecule has 0 unspecified atom stereocenters. The number of hydrogen-bond donors (Lipinski definition) is 1. The van der Waals surface area contributed by atoms with Gasteiger partial charge in [-0.3, -0.25) is 4.79 Å². The second kappa shape index (κ2) is 5.49. The number of hydrogen-bond acceptors (Lipinski definition) is 1. The molecule has 0 fully saturated rings. The van der Waals surface area contributed by atoms with Crippen LogP contribution in [0.15, 0.2) is 30.3 Å². The second-order valence-corrected chi connectivity index (χ2v) is 4.89. The standard InChI is InChI=1S/C15H17ClN2O/c1-4-17-15(19)14-9-10(2)18(11(14)3)13-7-5-12(16)6-8-13/h5-9H,4H2,1-3H3,(H,17,19). The molecule has 3 nitrogen and oxygen atoms in total. The molecule has 0 atom stereocenters. The molecule has 2 rings (SSSR count). The molecular weight excluding hydrogens is 260 g/mol. The Hall–Kier alpha value is -1.74. The van der Waals surface area contributed by atoms with E-state index in [4.69, 9.17) is 11.6 Å². The minimum Gasteiger partial charge on any atom is -0.352 e. The maximum absolute atomic E-state index is 12.0. The Balaban J connectivity index is 2.47. The molecule has 0 aliphatic rings. The van der Waals surface area contributed by atoms with E-state index < -0.39 is 0 Å². The van der Waals surface area contributed by atoms with Crippen molar-refractivity contribution < 1.29 is 4.79 Å². The van der Waals surface area contributed by atoms with Gasteiger partial charge in [-0.2, -0.15) is 0 Å². The van der Waals surface area contributed by atoms with Crippen molar-refractivity contribution in [3.8, 4) is 5.69 Å². The number of carbonyl (C=O) groups is 1. The van der Waals surface area contributed by atoms with Crippen LogP contribution in [0.4, 0.5) is 0 Å². The molecule has 0 spiro atoms. The number of rotatable bonds is 3. The molecule has 1 amide bonds. The SMILES string of the molecule is CCNC(=O)c1cc(C)n(-c2ccc(Cl)cc2)c1C. The number of halogens is 1. The van der Waals surface area contributed by atoms with Gasteiger partial charge in [0.15, 0.2) is 0 Å². The first-order valence-electron chi connectivity index (χ1n) is 6.27. The molecule has 1 aromatic heterocycles. The fraction of sp³-hybridized carbons (Fsp3) is 0.267. The number of carbonyl (C=O) groups excluding carboxylic acids is 1. The predicted molar refractivity (Wildman–Crippen MR) is 78.3 cm³/mol. The van der Waals surface area contributed by atoms with Gasteiger partial charge in [0, 0.05) is 28.6 Å². The van der Waals surface area contributed by atoms with Gasteiger partial charge in [0.2, 0.25) is 0 Å². The van der Waals surface area contributed by atoms with Gasteiger partial charge < -0.3 is 9.88 Å². The lowest BCUT2D eigenvalue weighted by atomic mass is 10.2. The van der Waals surface area contributed by atoms with Crippen LogP contribution in [0.2, 0.25) is 5.02 Å². The summed E-state index contributed by atoms with van der Waals surface area (Å²) in [5.74, 6) is -0.0317. The summed E-state index contributed by atoms with van der Waals surface area (Å²) in [6, 6.07) is 9.51. The highest BCUT2D eigenvalue weighted by Crippen LogP contribution is 2.22. The van der Waals surface area contributed by atoms with Crippen LogP contribution in [0.5, 0.6) is 0 Å². The molecule has 1 aromatic carbocycles. The van der Waals surface area contributed by atoms with Gasteiger partial charge in [-0.25, -0.2) is 0 Å². The average molecular weight is 277 g/mol. The van der Waals surface area contributed by atoms with Crippen LogP contribution in [0, 0.1) is 13.8 Å². The highest BCUT2D eigenvalue weighted by Gasteiger charge is 2.15.